The standard InChI is InChI=1S/C22H17ClN2O2/c1-14-4-2-5-16(12-14)22-19(21(26)17-6-3-11-24-13-17)20(25-27-22)15-7-9-18(23)10-8-15/h4,7-13,21,26H,3,6H2,1H3. The molecule has 1 aliphatic carbocycles. The maximum Gasteiger partial charge on any atom is 0.182 e. The van der Waals surface area contributed by atoms with Gasteiger partial charge in [0.15, 0.2) is 5.76 Å². The molecule has 0 amide bonds. The van der Waals surface area contributed by atoms with Gasteiger partial charge < -0.3 is 9.63 Å². The van der Waals surface area contributed by atoms with Gasteiger partial charge in [0.25, 0.3) is 0 Å². The summed E-state index contributed by atoms with van der Waals surface area (Å²) in [4.78, 5) is 4.19. The molecule has 0 bridgehead atoms. The van der Waals surface area contributed by atoms with E-state index in [1.54, 1.807) is 18.3 Å². The van der Waals surface area contributed by atoms with Gasteiger partial charge in [-0.1, -0.05) is 40.4 Å². The van der Waals surface area contributed by atoms with Crippen LogP contribution in [0.3, 0.4) is 0 Å². The van der Waals surface area contributed by atoms with Gasteiger partial charge in [-0.05, 0) is 55.2 Å². The van der Waals surface area contributed by atoms with Crippen LogP contribution in [0.25, 0.3) is 16.8 Å². The molecular weight excluding hydrogens is 360 g/mol. The second-order valence-electron chi connectivity index (χ2n) is 6.47. The Morgan fingerprint density at radius 3 is 2.78 bits per heavy atom. The fourth-order valence-corrected chi connectivity index (χ4v) is 3.25. The first kappa shape index (κ1) is 17.5. The highest BCUT2D eigenvalue weighted by Gasteiger charge is 2.28. The quantitative estimate of drug-likeness (QED) is 0.724. The predicted octanol–water partition coefficient (Wildman–Crippen LogP) is 5.43. The molecule has 5 heteroatoms. The molecule has 1 atom stereocenters. The Morgan fingerprint density at radius 1 is 1.26 bits per heavy atom. The van der Waals surface area contributed by atoms with Gasteiger partial charge in [-0.2, -0.15) is 0 Å². The third-order valence-electron chi connectivity index (χ3n) is 4.50. The Hall–Kier alpha value is -2.87. The molecule has 27 heavy (non-hydrogen) atoms. The summed E-state index contributed by atoms with van der Waals surface area (Å²) in [5.74, 6) is 0.489. The van der Waals surface area contributed by atoms with E-state index in [0.29, 0.717) is 27.6 Å². The zero-order valence-electron chi connectivity index (χ0n) is 14.7. The van der Waals surface area contributed by atoms with Gasteiger partial charge >= 0.3 is 0 Å². The van der Waals surface area contributed by atoms with Gasteiger partial charge in [0, 0.05) is 23.0 Å². The van der Waals surface area contributed by atoms with E-state index < -0.39 is 6.10 Å². The van der Waals surface area contributed by atoms with E-state index in [0.717, 1.165) is 29.6 Å². The van der Waals surface area contributed by atoms with Crippen molar-refractivity contribution in [2.75, 3.05) is 0 Å². The topological polar surface area (TPSA) is 58.6 Å². The molecule has 2 heterocycles. The van der Waals surface area contributed by atoms with Crippen molar-refractivity contribution in [1.82, 2.24) is 5.16 Å². The number of aliphatic imine (C=N–C) groups is 1. The normalized spacial score (nSPS) is 16.8. The van der Waals surface area contributed by atoms with Crippen LogP contribution in [0.2, 0.25) is 5.02 Å². The zero-order valence-corrected chi connectivity index (χ0v) is 15.5. The molecule has 4 rings (SSSR count). The lowest BCUT2D eigenvalue weighted by molar-refractivity contribution is 0.210. The van der Waals surface area contributed by atoms with E-state index in [2.05, 4.69) is 21.6 Å². The molecule has 0 saturated heterocycles. The minimum atomic E-state index is -0.872. The number of benzene rings is 1. The van der Waals surface area contributed by atoms with Crippen molar-refractivity contribution in [2.24, 2.45) is 4.99 Å². The molecule has 0 saturated carbocycles. The van der Waals surface area contributed by atoms with E-state index >= 15 is 0 Å². The first-order valence-corrected chi connectivity index (χ1v) is 9.06. The highest BCUT2D eigenvalue weighted by molar-refractivity contribution is 6.30. The summed E-state index contributed by atoms with van der Waals surface area (Å²) >= 11 is 6.01. The fourth-order valence-electron chi connectivity index (χ4n) is 3.13. The number of rotatable bonds is 4. The largest absolute Gasteiger partial charge is 0.384 e. The second kappa shape index (κ2) is 7.40. The third-order valence-corrected chi connectivity index (χ3v) is 4.75. The van der Waals surface area contributed by atoms with E-state index in [-0.39, 0.29) is 0 Å². The molecular formula is C22H17ClN2O2. The molecule has 1 aromatic carbocycles. The molecule has 1 aliphatic heterocycles. The van der Waals surface area contributed by atoms with Gasteiger partial charge in [0.05, 0.1) is 11.1 Å². The lowest BCUT2D eigenvalue weighted by Gasteiger charge is -2.17. The summed E-state index contributed by atoms with van der Waals surface area (Å²) < 4.78 is 5.67. The molecule has 1 aromatic heterocycles. The van der Waals surface area contributed by atoms with Crippen LogP contribution in [0.4, 0.5) is 0 Å². The van der Waals surface area contributed by atoms with Crippen LogP contribution >= 0.6 is 11.6 Å². The predicted molar refractivity (Wildman–Crippen MR) is 106 cm³/mol. The minimum Gasteiger partial charge on any atom is -0.384 e. The van der Waals surface area contributed by atoms with Gasteiger partial charge in [-0.3, -0.25) is 4.99 Å². The Morgan fingerprint density at radius 2 is 2.07 bits per heavy atom. The summed E-state index contributed by atoms with van der Waals surface area (Å²) in [7, 11) is 0. The average Bonchev–Trinajstić information content (AvgIpc) is 3.14. The number of allylic oxidation sites excluding steroid dienone is 4. The smallest absolute Gasteiger partial charge is 0.182 e. The molecule has 1 unspecified atom stereocenters. The van der Waals surface area contributed by atoms with Crippen molar-refractivity contribution in [1.29, 1.82) is 0 Å². The lowest BCUT2D eigenvalue weighted by Crippen LogP contribution is -2.07. The summed E-state index contributed by atoms with van der Waals surface area (Å²) in [6.07, 6.45) is 7.99. The van der Waals surface area contributed by atoms with Crippen molar-refractivity contribution in [3.05, 3.63) is 81.6 Å². The fraction of sp³-hybridized carbons (Fsp3) is 0.182. The summed E-state index contributed by atoms with van der Waals surface area (Å²) in [5, 5.41) is 16.0. The zero-order chi connectivity index (χ0) is 18.8. The third kappa shape index (κ3) is 3.52. The van der Waals surface area contributed by atoms with Crippen molar-refractivity contribution in [3.63, 3.8) is 0 Å². The lowest BCUT2D eigenvalue weighted by atomic mass is 9.91. The van der Waals surface area contributed by atoms with Crippen LogP contribution < -0.4 is 0 Å². The Bertz CT molecular complexity index is 1070. The first-order valence-electron chi connectivity index (χ1n) is 8.68. The molecule has 2 aromatic rings. The summed E-state index contributed by atoms with van der Waals surface area (Å²) in [5.41, 5.74) is 10.6. The summed E-state index contributed by atoms with van der Waals surface area (Å²) in [6.45, 7) is 1.97. The van der Waals surface area contributed by atoms with E-state index in [4.69, 9.17) is 16.1 Å². The van der Waals surface area contributed by atoms with E-state index in [1.807, 2.05) is 37.4 Å². The number of aliphatic hydroxyl groups excluding tert-OH is 1. The maximum absolute atomic E-state index is 11.2. The van der Waals surface area contributed by atoms with E-state index in [1.165, 1.54) is 0 Å². The Kier molecular flexibility index (Phi) is 4.81. The molecule has 0 fully saturated rings. The molecule has 134 valence electrons. The van der Waals surface area contributed by atoms with Crippen LogP contribution in [-0.2, 0) is 0 Å². The first-order chi connectivity index (χ1) is 13.1. The van der Waals surface area contributed by atoms with Crippen molar-refractivity contribution in [2.45, 2.75) is 25.9 Å². The Labute approximate surface area is 162 Å². The molecule has 1 N–H and O–H groups in total. The van der Waals surface area contributed by atoms with Gasteiger partial charge in [0.1, 0.15) is 11.8 Å². The maximum atomic E-state index is 11.2. The van der Waals surface area contributed by atoms with Crippen LogP contribution in [-0.4, -0.2) is 16.5 Å². The number of hydrogen-bond acceptors (Lipinski definition) is 4. The van der Waals surface area contributed by atoms with Crippen molar-refractivity contribution < 1.29 is 9.63 Å². The van der Waals surface area contributed by atoms with Crippen molar-refractivity contribution >= 4 is 23.4 Å². The van der Waals surface area contributed by atoms with Gasteiger partial charge in [-0.25, -0.2) is 0 Å². The molecule has 2 aliphatic rings. The number of halogens is 1. The highest BCUT2D eigenvalue weighted by atomic mass is 35.5. The van der Waals surface area contributed by atoms with Crippen LogP contribution in [0.5, 0.6) is 0 Å². The molecule has 0 radical (unpaired) electrons. The number of aliphatic hydroxyl groups is 1. The Balaban J connectivity index is 1.89. The van der Waals surface area contributed by atoms with Gasteiger partial charge in [-0.15, -0.1) is 0 Å². The van der Waals surface area contributed by atoms with Gasteiger partial charge in [0.2, 0.25) is 0 Å². The summed E-state index contributed by atoms with van der Waals surface area (Å²) in [6, 6.07) is 7.30. The second-order valence-corrected chi connectivity index (χ2v) is 6.91. The number of aromatic nitrogens is 1. The average molecular weight is 377 g/mol. The SMILES string of the molecule is CC1=CC(c2onc(-c3ccc(Cl)cc3)c2C(O)C2=CN=CCC2)=C=C=C1. The number of hydrogen-bond donors (Lipinski definition) is 1. The van der Waals surface area contributed by atoms with Crippen LogP contribution in [0.15, 0.2) is 74.7 Å². The highest BCUT2D eigenvalue weighted by Crippen LogP contribution is 2.39. The van der Waals surface area contributed by atoms with Crippen LogP contribution in [0.1, 0.15) is 37.2 Å². The molecule has 0 spiro atoms. The molecule has 4 nitrogen and oxygen atoms in total. The van der Waals surface area contributed by atoms with Crippen molar-refractivity contribution in [3.8, 4) is 11.3 Å². The van der Waals surface area contributed by atoms with E-state index in [9.17, 15) is 5.11 Å². The monoisotopic (exact) mass is 376 g/mol. The van der Waals surface area contributed by atoms with Crippen LogP contribution in [0, 0.1) is 0 Å². The number of nitrogens with zero attached hydrogens (tertiary/aromatic N) is 2. The minimum absolute atomic E-state index is 0.489.